The Morgan fingerprint density at radius 3 is 1.07 bits per heavy atom. The fraction of sp³-hybridized carbons (Fsp3) is 0. The van der Waals surface area contributed by atoms with E-state index in [1.54, 1.807) is 0 Å². The Morgan fingerprint density at radius 1 is 0.348 bits per heavy atom. The Balaban J connectivity index is 1.21. The maximum absolute atomic E-state index is 3.55. The number of anilines is 3. The van der Waals surface area contributed by atoms with Crippen molar-refractivity contribution in [3.63, 3.8) is 0 Å². The minimum Gasteiger partial charge on any atom is -0.311 e. The van der Waals surface area contributed by atoms with Gasteiger partial charge in [-0.15, -0.1) is 0 Å². The number of nitrogens with zero attached hydrogens (tertiary/aromatic N) is 2. The first-order chi connectivity index (χ1) is 22.6. The van der Waals surface area contributed by atoms with Gasteiger partial charge in [0.05, 0.1) is 11.0 Å². The van der Waals surface area contributed by atoms with Crippen LogP contribution in [0.5, 0.6) is 0 Å². The zero-order valence-electron chi connectivity index (χ0n) is 24.8. The molecule has 0 saturated heterocycles. The monoisotopic (exact) mass is 718 g/mol. The molecule has 0 radical (unpaired) electrons. The van der Waals surface area contributed by atoms with Gasteiger partial charge in [0, 0.05) is 42.5 Å². The van der Waals surface area contributed by atoms with Crippen molar-refractivity contribution in [3.05, 3.63) is 179 Å². The predicted octanol–water partition coefficient (Wildman–Crippen LogP) is 13.1. The van der Waals surface area contributed by atoms with Gasteiger partial charge in [0.25, 0.3) is 0 Å². The second-order valence-electron chi connectivity index (χ2n) is 11.3. The van der Waals surface area contributed by atoms with Crippen LogP contribution in [0.1, 0.15) is 0 Å². The highest BCUT2D eigenvalue weighted by molar-refractivity contribution is 9.10. The molecule has 0 aliphatic carbocycles. The molecule has 0 aliphatic rings. The normalized spacial score (nSPS) is 11.3. The van der Waals surface area contributed by atoms with E-state index in [1.807, 2.05) is 0 Å². The summed E-state index contributed by atoms with van der Waals surface area (Å²) in [6.45, 7) is 0. The van der Waals surface area contributed by atoms with E-state index in [1.165, 1.54) is 44.1 Å². The lowest BCUT2D eigenvalue weighted by Gasteiger charge is -2.26. The van der Waals surface area contributed by atoms with Crippen molar-refractivity contribution >= 4 is 70.7 Å². The molecule has 220 valence electrons. The molecule has 0 saturated carbocycles. The molecule has 0 amide bonds. The van der Waals surface area contributed by atoms with E-state index in [-0.39, 0.29) is 0 Å². The van der Waals surface area contributed by atoms with Crippen LogP contribution in [0.2, 0.25) is 0 Å². The average molecular weight is 721 g/mol. The summed E-state index contributed by atoms with van der Waals surface area (Å²) in [5.41, 5.74) is 11.6. The van der Waals surface area contributed by atoms with Crippen molar-refractivity contribution in [2.45, 2.75) is 0 Å². The molecule has 4 heteroatoms. The van der Waals surface area contributed by atoms with Crippen LogP contribution in [0.4, 0.5) is 17.1 Å². The van der Waals surface area contributed by atoms with E-state index in [4.69, 9.17) is 0 Å². The molecular weight excluding hydrogens is 692 g/mol. The molecular formula is C42H28Br2N2. The summed E-state index contributed by atoms with van der Waals surface area (Å²) in [7, 11) is 0. The Hall–Kier alpha value is -4.90. The Labute approximate surface area is 285 Å². The molecule has 0 fully saturated rings. The van der Waals surface area contributed by atoms with E-state index in [0.717, 1.165) is 31.7 Å². The molecule has 0 unspecified atom stereocenters. The first kappa shape index (κ1) is 28.6. The zero-order valence-corrected chi connectivity index (χ0v) is 28.0. The first-order valence-corrected chi connectivity index (χ1v) is 16.8. The number of fused-ring (bicyclic) bond motifs is 3. The summed E-state index contributed by atoms with van der Waals surface area (Å²) in [6.07, 6.45) is 0. The molecule has 8 rings (SSSR count). The minimum absolute atomic E-state index is 1.08. The fourth-order valence-electron chi connectivity index (χ4n) is 6.29. The van der Waals surface area contributed by atoms with Crippen molar-refractivity contribution in [1.29, 1.82) is 0 Å². The van der Waals surface area contributed by atoms with E-state index in [2.05, 4.69) is 211 Å². The van der Waals surface area contributed by atoms with Gasteiger partial charge in [-0.2, -0.15) is 0 Å². The third-order valence-electron chi connectivity index (χ3n) is 8.55. The highest BCUT2D eigenvalue weighted by Crippen LogP contribution is 2.38. The molecule has 0 spiro atoms. The van der Waals surface area contributed by atoms with Crippen molar-refractivity contribution in [3.8, 4) is 27.9 Å². The van der Waals surface area contributed by atoms with Crippen LogP contribution >= 0.6 is 31.9 Å². The largest absolute Gasteiger partial charge is 0.311 e. The highest BCUT2D eigenvalue weighted by Gasteiger charge is 2.16. The smallest absolute Gasteiger partial charge is 0.0541 e. The third kappa shape index (κ3) is 5.34. The van der Waals surface area contributed by atoms with Gasteiger partial charge in [-0.3, -0.25) is 0 Å². The number of benzene rings is 7. The van der Waals surface area contributed by atoms with Gasteiger partial charge in [0.15, 0.2) is 0 Å². The van der Waals surface area contributed by atoms with Crippen LogP contribution in [0.25, 0.3) is 49.7 Å². The number of halogens is 2. The Bertz CT molecular complexity index is 2140. The van der Waals surface area contributed by atoms with Gasteiger partial charge >= 0.3 is 0 Å². The van der Waals surface area contributed by atoms with Crippen LogP contribution in [-0.4, -0.2) is 4.57 Å². The first-order valence-electron chi connectivity index (χ1n) is 15.2. The van der Waals surface area contributed by atoms with Gasteiger partial charge < -0.3 is 9.47 Å². The van der Waals surface area contributed by atoms with Crippen LogP contribution in [0.3, 0.4) is 0 Å². The molecule has 2 nitrogen and oxygen atoms in total. The molecule has 0 bridgehead atoms. The lowest BCUT2D eigenvalue weighted by atomic mass is 10.0. The SMILES string of the molecule is Brc1ccc(-c2ccc(N(c3ccc(-c4ccc(Br)cc4)cc3)c3ccc(-n4c5ccccc5c5ccccc54)cc3)cc2)cc1. The number of hydrogen-bond acceptors (Lipinski definition) is 1. The number of hydrogen-bond donors (Lipinski definition) is 0. The number of aromatic nitrogens is 1. The van der Waals surface area contributed by atoms with Crippen LogP contribution in [0.15, 0.2) is 179 Å². The standard InChI is InChI=1S/C42H28Br2N2/c43-33-17-9-29(10-18-33)31-13-21-35(22-14-31)45(36-23-15-32(16-24-36)30-11-19-34(44)20-12-30)37-25-27-38(28-26-37)46-41-7-3-1-5-39(41)40-6-2-4-8-42(40)46/h1-28H. The average Bonchev–Trinajstić information content (AvgIpc) is 3.45. The Kier molecular flexibility index (Phi) is 7.53. The lowest BCUT2D eigenvalue weighted by molar-refractivity contribution is 1.17. The molecule has 0 atom stereocenters. The second-order valence-corrected chi connectivity index (χ2v) is 13.2. The van der Waals surface area contributed by atoms with Gasteiger partial charge in [-0.25, -0.2) is 0 Å². The maximum Gasteiger partial charge on any atom is 0.0541 e. The minimum atomic E-state index is 1.08. The van der Waals surface area contributed by atoms with E-state index in [9.17, 15) is 0 Å². The van der Waals surface area contributed by atoms with Gasteiger partial charge in [0.1, 0.15) is 0 Å². The summed E-state index contributed by atoms with van der Waals surface area (Å²) in [5, 5.41) is 2.53. The summed E-state index contributed by atoms with van der Waals surface area (Å²) in [6, 6.07) is 60.8. The summed E-state index contributed by atoms with van der Waals surface area (Å²) in [4.78, 5) is 2.33. The zero-order chi connectivity index (χ0) is 31.0. The van der Waals surface area contributed by atoms with Gasteiger partial charge in [-0.05, 0) is 107 Å². The van der Waals surface area contributed by atoms with E-state index >= 15 is 0 Å². The highest BCUT2D eigenvalue weighted by atomic mass is 79.9. The van der Waals surface area contributed by atoms with Crippen LogP contribution < -0.4 is 4.90 Å². The summed E-state index contributed by atoms with van der Waals surface area (Å²) >= 11 is 7.11. The van der Waals surface area contributed by atoms with E-state index in [0.29, 0.717) is 0 Å². The Morgan fingerprint density at radius 2 is 0.674 bits per heavy atom. The lowest BCUT2D eigenvalue weighted by Crippen LogP contribution is -2.10. The van der Waals surface area contributed by atoms with Gasteiger partial charge in [0.2, 0.25) is 0 Å². The van der Waals surface area contributed by atoms with Gasteiger partial charge in [-0.1, -0.05) is 117 Å². The second kappa shape index (κ2) is 12.1. The van der Waals surface area contributed by atoms with Crippen molar-refractivity contribution in [2.24, 2.45) is 0 Å². The molecule has 8 aromatic rings. The molecule has 0 aliphatic heterocycles. The van der Waals surface area contributed by atoms with Crippen molar-refractivity contribution in [2.75, 3.05) is 4.90 Å². The molecule has 46 heavy (non-hydrogen) atoms. The number of para-hydroxylation sites is 2. The van der Waals surface area contributed by atoms with E-state index < -0.39 is 0 Å². The third-order valence-corrected chi connectivity index (χ3v) is 9.61. The maximum atomic E-state index is 3.55. The number of rotatable bonds is 6. The molecule has 7 aromatic carbocycles. The summed E-state index contributed by atoms with van der Waals surface area (Å²) in [5.74, 6) is 0. The quantitative estimate of drug-likeness (QED) is 0.166. The van der Waals surface area contributed by atoms with Crippen molar-refractivity contribution in [1.82, 2.24) is 4.57 Å². The van der Waals surface area contributed by atoms with Crippen LogP contribution in [0, 0.1) is 0 Å². The fourth-order valence-corrected chi connectivity index (χ4v) is 6.82. The van der Waals surface area contributed by atoms with Crippen molar-refractivity contribution < 1.29 is 0 Å². The predicted molar refractivity (Wildman–Crippen MR) is 202 cm³/mol. The topological polar surface area (TPSA) is 8.17 Å². The molecule has 1 aromatic heterocycles. The summed E-state index contributed by atoms with van der Waals surface area (Å²) < 4.78 is 4.52. The molecule has 0 N–H and O–H groups in total. The molecule has 1 heterocycles. The van der Waals surface area contributed by atoms with Crippen LogP contribution in [-0.2, 0) is 0 Å².